The van der Waals surface area contributed by atoms with Gasteiger partial charge in [-0.15, -0.1) is 0 Å². The largest absolute Gasteiger partial charge is 0.453 e. The van der Waals surface area contributed by atoms with E-state index in [0.29, 0.717) is 6.42 Å². The van der Waals surface area contributed by atoms with Crippen LogP contribution in [0.2, 0.25) is 0 Å². The van der Waals surface area contributed by atoms with Gasteiger partial charge in [-0.2, -0.15) is 5.10 Å². The van der Waals surface area contributed by atoms with Crippen LogP contribution in [0.1, 0.15) is 25.8 Å². The minimum atomic E-state index is -0.670. The Balaban J connectivity index is 1.83. The fourth-order valence-corrected chi connectivity index (χ4v) is 3.30. The molecule has 2 N–H and O–H groups in total. The zero-order valence-electron chi connectivity index (χ0n) is 18.0. The maximum Gasteiger partial charge on any atom is 0.407 e. The van der Waals surface area contributed by atoms with E-state index in [9.17, 15) is 9.59 Å². The molecule has 0 radical (unpaired) electrons. The molecule has 0 aliphatic rings. The van der Waals surface area contributed by atoms with Crippen molar-refractivity contribution < 1.29 is 14.3 Å². The molecule has 2 amide bonds. The molecule has 0 spiro atoms. The third-order valence-corrected chi connectivity index (χ3v) is 4.81. The van der Waals surface area contributed by atoms with E-state index >= 15 is 0 Å². The smallest absolute Gasteiger partial charge is 0.407 e. The number of alkyl carbamates (subject to hydrolysis) is 1. The Morgan fingerprint density at radius 1 is 1.03 bits per heavy atom. The van der Waals surface area contributed by atoms with Crippen molar-refractivity contribution in [3.05, 3.63) is 72.4 Å². The maximum atomic E-state index is 12.8. The first-order chi connectivity index (χ1) is 15.0. The average Bonchev–Trinajstić information content (AvgIpc) is 3.22. The van der Waals surface area contributed by atoms with Crippen molar-refractivity contribution in [1.29, 1.82) is 0 Å². The lowest BCUT2D eigenvalue weighted by atomic mass is 10.0. The maximum absolute atomic E-state index is 12.8. The summed E-state index contributed by atoms with van der Waals surface area (Å²) in [5, 5.41) is 10.3. The second kappa shape index (κ2) is 10.4. The Hall–Kier alpha value is -3.61. The Morgan fingerprint density at radius 3 is 2.29 bits per heavy atom. The average molecular weight is 421 g/mol. The second-order valence-electron chi connectivity index (χ2n) is 7.68. The summed E-state index contributed by atoms with van der Waals surface area (Å²) in [7, 11) is 1.28. The van der Waals surface area contributed by atoms with Crippen LogP contribution in [0.15, 0.2) is 66.9 Å². The summed E-state index contributed by atoms with van der Waals surface area (Å²) in [6.45, 7) is 4.28. The van der Waals surface area contributed by atoms with Crippen molar-refractivity contribution in [2.24, 2.45) is 5.92 Å². The summed E-state index contributed by atoms with van der Waals surface area (Å²) in [6, 6.07) is 19.0. The highest BCUT2D eigenvalue weighted by Gasteiger charge is 2.23. The molecular weight excluding hydrogens is 392 g/mol. The zero-order chi connectivity index (χ0) is 22.2. The Morgan fingerprint density at radius 2 is 1.68 bits per heavy atom. The van der Waals surface area contributed by atoms with Crippen LogP contribution in [-0.4, -0.2) is 34.9 Å². The number of benzene rings is 2. The molecule has 1 atom stereocenters. The van der Waals surface area contributed by atoms with Crippen molar-refractivity contribution in [3.63, 3.8) is 0 Å². The third kappa shape index (κ3) is 5.94. The molecule has 7 heteroatoms. The van der Waals surface area contributed by atoms with Gasteiger partial charge in [-0.3, -0.25) is 4.79 Å². The molecule has 1 unspecified atom stereocenters. The van der Waals surface area contributed by atoms with Crippen LogP contribution in [0, 0.1) is 5.92 Å². The lowest BCUT2D eigenvalue weighted by Gasteiger charge is -2.19. The van der Waals surface area contributed by atoms with E-state index in [1.54, 1.807) is 0 Å². The van der Waals surface area contributed by atoms with Gasteiger partial charge in [0.05, 0.1) is 18.5 Å². The van der Waals surface area contributed by atoms with E-state index in [1.165, 1.54) is 7.11 Å². The Bertz CT molecular complexity index is 1000. The number of nitrogens with zero attached hydrogens (tertiary/aromatic N) is 2. The van der Waals surface area contributed by atoms with Crippen LogP contribution >= 0.6 is 0 Å². The molecular formula is C24H28N4O3. The van der Waals surface area contributed by atoms with Gasteiger partial charge in [0.2, 0.25) is 5.91 Å². The van der Waals surface area contributed by atoms with Crippen LogP contribution in [0.5, 0.6) is 0 Å². The number of methoxy groups -OCH3 is 1. The SMILES string of the molecule is COC(=O)NC(CC(C)C)C(=O)NCc1cn(-c2ccccc2)nc1-c1ccccc1. The number of amides is 2. The van der Waals surface area contributed by atoms with E-state index in [2.05, 4.69) is 15.4 Å². The molecule has 3 aromatic rings. The fraction of sp³-hybridized carbons (Fsp3) is 0.292. The lowest BCUT2D eigenvalue weighted by Crippen LogP contribution is -2.47. The van der Waals surface area contributed by atoms with Crippen molar-refractivity contribution in [3.8, 4) is 16.9 Å². The van der Waals surface area contributed by atoms with Gasteiger partial charge in [0.25, 0.3) is 0 Å². The van der Waals surface area contributed by atoms with Gasteiger partial charge in [0.1, 0.15) is 6.04 Å². The number of hydrogen-bond donors (Lipinski definition) is 2. The van der Waals surface area contributed by atoms with E-state index in [4.69, 9.17) is 5.10 Å². The molecule has 2 aromatic carbocycles. The predicted octanol–water partition coefficient (Wildman–Crippen LogP) is 3.93. The Kier molecular flexibility index (Phi) is 7.43. The van der Waals surface area contributed by atoms with Gasteiger partial charge in [-0.25, -0.2) is 9.48 Å². The highest BCUT2D eigenvalue weighted by molar-refractivity contribution is 5.85. The molecule has 0 aliphatic carbocycles. The summed E-state index contributed by atoms with van der Waals surface area (Å²) < 4.78 is 6.47. The minimum absolute atomic E-state index is 0.230. The summed E-state index contributed by atoms with van der Waals surface area (Å²) >= 11 is 0. The number of aromatic nitrogens is 2. The quantitative estimate of drug-likeness (QED) is 0.578. The number of rotatable bonds is 8. The number of carbonyl (C=O) groups is 2. The van der Waals surface area contributed by atoms with Gasteiger partial charge >= 0.3 is 6.09 Å². The zero-order valence-corrected chi connectivity index (χ0v) is 18.0. The molecule has 1 heterocycles. The Labute approximate surface area is 182 Å². The van der Waals surface area contributed by atoms with Crippen molar-refractivity contribution in [1.82, 2.24) is 20.4 Å². The highest BCUT2D eigenvalue weighted by Crippen LogP contribution is 2.23. The summed E-state index contributed by atoms with van der Waals surface area (Å²) in [4.78, 5) is 24.5. The number of carbonyl (C=O) groups excluding carboxylic acids is 2. The third-order valence-electron chi connectivity index (χ3n) is 4.81. The minimum Gasteiger partial charge on any atom is -0.453 e. The monoisotopic (exact) mass is 420 g/mol. The van der Waals surface area contributed by atoms with Crippen LogP contribution in [-0.2, 0) is 16.1 Å². The topological polar surface area (TPSA) is 85.2 Å². The van der Waals surface area contributed by atoms with E-state index in [-0.39, 0.29) is 18.4 Å². The van der Waals surface area contributed by atoms with E-state index in [0.717, 1.165) is 22.5 Å². The lowest BCUT2D eigenvalue weighted by molar-refractivity contribution is -0.123. The number of para-hydroxylation sites is 1. The van der Waals surface area contributed by atoms with Gasteiger partial charge in [-0.05, 0) is 24.5 Å². The summed E-state index contributed by atoms with van der Waals surface area (Å²) in [6.07, 6.45) is 1.81. The van der Waals surface area contributed by atoms with Gasteiger partial charge in [0, 0.05) is 23.9 Å². The molecule has 162 valence electrons. The molecule has 0 saturated carbocycles. The first-order valence-electron chi connectivity index (χ1n) is 10.3. The normalized spacial score (nSPS) is 11.7. The molecule has 1 aromatic heterocycles. The molecule has 7 nitrogen and oxygen atoms in total. The van der Waals surface area contributed by atoms with Crippen LogP contribution in [0.3, 0.4) is 0 Å². The molecule has 0 bridgehead atoms. The molecule has 3 rings (SSSR count). The highest BCUT2D eigenvalue weighted by atomic mass is 16.5. The van der Waals surface area contributed by atoms with Crippen LogP contribution in [0.25, 0.3) is 16.9 Å². The summed E-state index contributed by atoms with van der Waals surface area (Å²) in [5.41, 5.74) is 3.58. The van der Waals surface area contributed by atoms with Crippen molar-refractivity contribution in [2.75, 3.05) is 7.11 Å². The van der Waals surface area contributed by atoms with Crippen molar-refractivity contribution in [2.45, 2.75) is 32.9 Å². The van der Waals surface area contributed by atoms with Gasteiger partial charge in [0.15, 0.2) is 0 Å². The second-order valence-corrected chi connectivity index (χ2v) is 7.68. The summed E-state index contributed by atoms with van der Waals surface area (Å²) in [5.74, 6) is -0.0285. The van der Waals surface area contributed by atoms with E-state index < -0.39 is 12.1 Å². The number of hydrogen-bond acceptors (Lipinski definition) is 4. The molecule has 31 heavy (non-hydrogen) atoms. The standard InChI is InChI=1S/C24H28N4O3/c1-17(2)14-21(26-24(30)31-3)23(29)25-15-19-16-28(20-12-8-5-9-13-20)27-22(19)18-10-6-4-7-11-18/h4-13,16-17,21H,14-15H2,1-3H3,(H,25,29)(H,26,30). The van der Waals surface area contributed by atoms with Crippen molar-refractivity contribution >= 4 is 12.0 Å². The van der Waals surface area contributed by atoms with Crippen LogP contribution < -0.4 is 10.6 Å². The molecule has 0 aliphatic heterocycles. The number of ether oxygens (including phenoxy) is 1. The van der Waals surface area contributed by atoms with Gasteiger partial charge in [-0.1, -0.05) is 62.4 Å². The first kappa shape index (κ1) is 22.1. The van der Waals surface area contributed by atoms with Crippen LogP contribution in [0.4, 0.5) is 4.79 Å². The fourth-order valence-electron chi connectivity index (χ4n) is 3.30. The molecule has 0 fully saturated rings. The molecule has 0 saturated heterocycles. The first-order valence-corrected chi connectivity index (χ1v) is 10.3. The predicted molar refractivity (Wildman–Crippen MR) is 120 cm³/mol. The number of nitrogens with one attached hydrogen (secondary N) is 2. The van der Waals surface area contributed by atoms with Gasteiger partial charge < -0.3 is 15.4 Å². The van der Waals surface area contributed by atoms with E-state index in [1.807, 2.05) is 85.4 Å².